The van der Waals surface area contributed by atoms with Gasteiger partial charge in [-0.3, -0.25) is 0 Å². The first-order valence-electron chi connectivity index (χ1n) is 7.07. The van der Waals surface area contributed by atoms with E-state index in [2.05, 4.69) is 10.1 Å². The lowest BCUT2D eigenvalue weighted by Crippen LogP contribution is -2.20. The molecule has 1 aromatic heterocycles. The molecule has 0 saturated carbocycles. The molecule has 2 atom stereocenters. The first kappa shape index (κ1) is 14.4. The van der Waals surface area contributed by atoms with Crippen LogP contribution in [0.2, 0.25) is 0 Å². The number of nitrogens with zero attached hydrogens (tertiary/aromatic N) is 2. The molecular weight excluding hydrogens is 246 g/mol. The summed E-state index contributed by atoms with van der Waals surface area (Å²) in [5, 5.41) is 3.90. The fraction of sp³-hybridized carbons (Fsp3) is 0.846. The number of hydrogen-bond donors (Lipinski definition) is 1. The van der Waals surface area contributed by atoms with Crippen LogP contribution in [0, 0.1) is 0 Å². The summed E-state index contributed by atoms with van der Waals surface area (Å²) in [6.07, 6.45) is 5.57. The zero-order chi connectivity index (χ0) is 13.5. The summed E-state index contributed by atoms with van der Waals surface area (Å²) in [6.45, 7) is 3.86. The van der Waals surface area contributed by atoms with Crippen LogP contribution in [-0.2, 0) is 15.9 Å². The summed E-state index contributed by atoms with van der Waals surface area (Å²) < 4.78 is 16.1. The van der Waals surface area contributed by atoms with Gasteiger partial charge in [-0.1, -0.05) is 5.16 Å². The number of aryl methyl sites for hydroxylation is 1. The van der Waals surface area contributed by atoms with E-state index in [1.165, 1.54) is 12.8 Å². The van der Waals surface area contributed by atoms with Crippen LogP contribution >= 0.6 is 0 Å². The molecule has 0 bridgehead atoms. The second-order valence-electron chi connectivity index (χ2n) is 4.84. The van der Waals surface area contributed by atoms with E-state index >= 15 is 0 Å². The van der Waals surface area contributed by atoms with Crippen molar-refractivity contribution in [3.63, 3.8) is 0 Å². The van der Waals surface area contributed by atoms with Crippen molar-refractivity contribution in [2.24, 2.45) is 5.73 Å². The molecule has 19 heavy (non-hydrogen) atoms. The van der Waals surface area contributed by atoms with Crippen molar-refractivity contribution in [3.8, 4) is 0 Å². The number of nitrogens with two attached hydrogens (primary N) is 1. The van der Waals surface area contributed by atoms with Gasteiger partial charge in [0.15, 0.2) is 5.82 Å². The first-order chi connectivity index (χ1) is 9.29. The van der Waals surface area contributed by atoms with Crippen molar-refractivity contribution in [2.75, 3.05) is 19.8 Å². The van der Waals surface area contributed by atoms with Crippen LogP contribution < -0.4 is 5.73 Å². The Balaban J connectivity index is 1.76. The predicted molar refractivity (Wildman–Crippen MR) is 69.6 cm³/mol. The smallest absolute Gasteiger partial charge is 0.226 e. The summed E-state index contributed by atoms with van der Waals surface area (Å²) in [7, 11) is 0. The van der Waals surface area contributed by atoms with Crippen molar-refractivity contribution in [1.29, 1.82) is 0 Å². The van der Waals surface area contributed by atoms with E-state index in [-0.39, 0.29) is 6.04 Å². The van der Waals surface area contributed by atoms with Gasteiger partial charge in [-0.05, 0) is 32.6 Å². The first-order valence-corrected chi connectivity index (χ1v) is 7.07. The minimum absolute atomic E-state index is 0.316. The third-order valence-electron chi connectivity index (χ3n) is 3.27. The highest BCUT2D eigenvalue weighted by Crippen LogP contribution is 2.17. The Kier molecular flexibility index (Phi) is 5.75. The molecule has 0 amide bonds. The average Bonchev–Trinajstić information content (AvgIpc) is 2.92. The lowest BCUT2D eigenvalue weighted by Gasteiger charge is -2.21. The third kappa shape index (κ3) is 4.56. The predicted octanol–water partition coefficient (Wildman–Crippen LogP) is 1.61. The topological polar surface area (TPSA) is 83.4 Å². The molecule has 2 unspecified atom stereocenters. The summed E-state index contributed by atoms with van der Waals surface area (Å²) in [6, 6.07) is -0.316. The molecule has 2 rings (SSSR count). The van der Waals surface area contributed by atoms with E-state index in [9.17, 15) is 0 Å². The maximum Gasteiger partial charge on any atom is 0.226 e. The number of aromatic nitrogens is 2. The Hall–Kier alpha value is -0.980. The Bertz CT molecular complexity index is 364. The van der Waals surface area contributed by atoms with Gasteiger partial charge in [0.2, 0.25) is 5.89 Å². The van der Waals surface area contributed by atoms with Gasteiger partial charge in [0.25, 0.3) is 0 Å². The molecule has 1 aliphatic heterocycles. The van der Waals surface area contributed by atoms with E-state index in [0.29, 0.717) is 31.0 Å². The molecule has 0 aromatic carbocycles. The molecule has 1 aromatic rings. The Morgan fingerprint density at radius 2 is 2.37 bits per heavy atom. The fourth-order valence-corrected chi connectivity index (χ4v) is 2.16. The number of rotatable bonds is 7. The molecule has 6 nitrogen and oxygen atoms in total. The summed E-state index contributed by atoms with van der Waals surface area (Å²) in [5.41, 5.74) is 5.90. The fourth-order valence-electron chi connectivity index (χ4n) is 2.16. The Morgan fingerprint density at radius 1 is 1.47 bits per heavy atom. The van der Waals surface area contributed by atoms with Crippen molar-refractivity contribution in [1.82, 2.24) is 10.1 Å². The summed E-state index contributed by atoms with van der Waals surface area (Å²) in [5.74, 6) is 1.16. The molecule has 2 N–H and O–H groups in total. The maximum atomic E-state index is 5.90. The molecule has 2 heterocycles. The zero-order valence-corrected chi connectivity index (χ0v) is 11.5. The molecule has 0 spiro atoms. The highest BCUT2D eigenvalue weighted by molar-refractivity contribution is 4.93. The van der Waals surface area contributed by atoms with Crippen molar-refractivity contribution in [3.05, 3.63) is 11.7 Å². The Morgan fingerprint density at radius 3 is 3.11 bits per heavy atom. The van der Waals surface area contributed by atoms with E-state index in [1.54, 1.807) is 0 Å². The van der Waals surface area contributed by atoms with Gasteiger partial charge in [0.1, 0.15) is 0 Å². The van der Waals surface area contributed by atoms with Gasteiger partial charge in [-0.25, -0.2) is 0 Å². The largest absolute Gasteiger partial charge is 0.380 e. The number of hydrogen-bond acceptors (Lipinski definition) is 6. The third-order valence-corrected chi connectivity index (χ3v) is 3.27. The van der Waals surface area contributed by atoms with E-state index in [4.69, 9.17) is 19.7 Å². The molecule has 0 radical (unpaired) electrons. The second-order valence-corrected chi connectivity index (χ2v) is 4.84. The van der Waals surface area contributed by atoms with Crippen LogP contribution in [0.1, 0.15) is 50.4 Å². The Labute approximate surface area is 113 Å². The normalized spacial score (nSPS) is 21.5. The van der Waals surface area contributed by atoms with Crippen molar-refractivity contribution in [2.45, 2.75) is 51.2 Å². The monoisotopic (exact) mass is 269 g/mol. The molecule has 1 aliphatic rings. The van der Waals surface area contributed by atoms with Gasteiger partial charge < -0.3 is 19.7 Å². The van der Waals surface area contributed by atoms with Gasteiger partial charge in [-0.15, -0.1) is 0 Å². The van der Waals surface area contributed by atoms with Crippen LogP contribution in [0.3, 0.4) is 0 Å². The lowest BCUT2D eigenvalue weighted by atomic mass is 10.0. The zero-order valence-electron chi connectivity index (χ0n) is 11.5. The van der Waals surface area contributed by atoms with Crippen LogP contribution in [0.15, 0.2) is 4.52 Å². The summed E-state index contributed by atoms with van der Waals surface area (Å²) in [4.78, 5) is 4.31. The molecule has 108 valence electrons. The van der Waals surface area contributed by atoms with E-state index in [1.807, 2.05) is 6.92 Å². The van der Waals surface area contributed by atoms with Crippen molar-refractivity contribution >= 4 is 0 Å². The molecule has 6 heteroatoms. The van der Waals surface area contributed by atoms with Crippen molar-refractivity contribution < 1.29 is 14.0 Å². The molecule has 1 fully saturated rings. The maximum absolute atomic E-state index is 5.90. The van der Waals surface area contributed by atoms with Crippen LogP contribution in [-0.4, -0.2) is 36.1 Å². The van der Waals surface area contributed by atoms with Crippen LogP contribution in [0.4, 0.5) is 0 Å². The van der Waals surface area contributed by atoms with Gasteiger partial charge in [-0.2, -0.15) is 4.98 Å². The highest BCUT2D eigenvalue weighted by Gasteiger charge is 2.17. The highest BCUT2D eigenvalue weighted by atomic mass is 16.5. The van der Waals surface area contributed by atoms with E-state index < -0.39 is 0 Å². The lowest BCUT2D eigenvalue weighted by molar-refractivity contribution is 0.0104. The van der Waals surface area contributed by atoms with Gasteiger partial charge in [0, 0.05) is 19.6 Å². The molecule has 0 aliphatic carbocycles. The number of ether oxygens (including phenoxy) is 2. The quantitative estimate of drug-likeness (QED) is 0.809. The van der Waals surface area contributed by atoms with E-state index in [0.717, 1.165) is 25.9 Å². The van der Waals surface area contributed by atoms with Crippen LogP contribution in [0.5, 0.6) is 0 Å². The second kappa shape index (κ2) is 7.57. The standard InChI is InChI=1S/C13H23N3O3/c1-2-17-9-11(14)13-15-12(19-16-13)7-6-10-5-3-4-8-18-10/h10-11H,2-9,14H2,1H3. The van der Waals surface area contributed by atoms with Gasteiger partial charge >= 0.3 is 0 Å². The molecule has 1 saturated heterocycles. The SMILES string of the molecule is CCOCC(N)c1noc(CCC2CCCCO2)n1. The summed E-state index contributed by atoms with van der Waals surface area (Å²) >= 11 is 0. The minimum Gasteiger partial charge on any atom is -0.380 e. The minimum atomic E-state index is -0.316. The van der Waals surface area contributed by atoms with Crippen LogP contribution in [0.25, 0.3) is 0 Å². The average molecular weight is 269 g/mol. The van der Waals surface area contributed by atoms with Gasteiger partial charge in [0.05, 0.1) is 18.8 Å². The molecular formula is C13H23N3O3.